The summed E-state index contributed by atoms with van der Waals surface area (Å²) in [4.78, 5) is 42.0. The average molecular weight is 597 g/mol. The summed E-state index contributed by atoms with van der Waals surface area (Å²) in [5, 5.41) is 13.0. The highest BCUT2D eigenvalue weighted by Gasteiger charge is 2.67. The second-order valence-corrected chi connectivity index (χ2v) is 14.4. The summed E-state index contributed by atoms with van der Waals surface area (Å²) >= 11 is 12.5. The number of nitrogens with zero attached hydrogens (tertiary/aromatic N) is 1. The first kappa shape index (κ1) is 29.3. The standard InChI is InChI=1S/C27H31Cl2N3O6S/c1-15(2)39(37,38)25-27(19-9-8-18(29)11-21(19)30-24(27)36)20(16-6-5-7-17(28)10-16)12-23(35)32(25)13-22(34)31-26(3,4)14-33/h5-11,15,20,25,33H,12-14H2,1-4H3,(H,30,36)(H,31,34)/t20-,25+,27-/m0/s1. The normalized spacial score (nSPS) is 23.2. The molecule has 2 aliphatic heterocycles. The van der Waals surface area contributed by atoms with E-state index < -0.39 is 61.6 Å². The Kier molecular flexibility index (Phi) is 7.81. The third-order valence-electron chi connectivity index (χ3n) is 7.38. The highest BCUT2D eigenvalue weighted by atomic mass is 35.5. The molecular formula is C27H31Cl2N3O6S. The van der Waals surface area contributed by atoms with E-state index in [9.17, 15) is 27.9 Å². The van der Waals surface area contributed by atoms with Crippen molar-refractivity contribution >= 4 is 56.4 Å². The summed E-state index contributed by atoms with van der Waals surface area (Å²) in [5.74, 6) is -2.81. The molecule has 2 aliphatic rings. The molecule has 3 atom stereocenters. The van der Waals surface area contributed by atoms with Crippen LogP contribution in [0.15, 0.2) is 42.5 Å². The number of benzene rings is 2. The van der Waals surface area contributed by atoms with Crippen LogP contribution in [-0.4, -0.2) is 65.5 Å². The average Bonchev–Trinajstić information content (AvgIpc) is 3.11. The Bertz CT molecular complexity index is 1440. The molecule has 1 saturated heterocycles. The molecule has 3 N–H and O–H groups in total. The van der Waals surface area contributed by atoms with Crippen LogP contribution in [0.5, 0.6) is 0 Å². The van der Waals surface area contributed by atoms with Gasteiger partial charge in [-0.25, -0.2) is 8.42 Å². The maximum Gasteiger partial charge on any atom is 0.240 e. The van der Waals surface area contributed by atoms with Gasteiger partial charge in [-0.3, -0.25) is 14.4 Å². The molecule has 4 rings (SSSR count). The zero-order chi connectivity index (χ0) is 28.9. The van der Waals surface area contributed by atoms with Gasteiger partial charge in [0.15, 0.2) is 15.2 Å². The number of carbonyl (C=O) groups excluding carboxylic acids is 3. The van der Waals surface area contributed by atoms with Crippen molar-refractivity contribution in [3.05, 3.63) is 63.6 Å². The summed E-state index contributed by atoms with van der Waals surface area (Å²) in [7, 11) is -4.26. The van der Waals surface area contributed by atoms with E-state index in [1.165, 1.54) is 19.9 Å². The fraction of sp³-hybridized carbons (Fsp3) is 0.444. The van der Waals surface area contributed by atoms with Crippen molar-refractivity contribution in [3.63, 3.8) is 0 Å². The number of nitrogens with one attached hydrogen (secondary N) is 2. The molecule has 2 heterocycles. The van der Waals surface area contributed by atoms with Crippen molar-refractivity contribution in [2.24, 2.45) is 0 Å². The van der Waals surface area contributed by atoms with Crippen molar-refractivity contribution in [3.8, 4) is 0 Å². The lowest BCUT2D eigenvalue weighted by Crippen LogP contribution is -2.68. The molecule has 9 nitrogen and oxygen atoms in total. The highest BCUT2D eigenvalue weighted by Crippen LogP contribution is 2.56. The zero-order valence-electron chi connectivity index (χ0n) is 22.0. The van der Waals surface area contributed by atoms with Gasteiger partial charge in [0.25, 0.3) is 0 Å². The molecule has 0 radical (unpaired) electrons. The van der Waals surface area contributed by atoms with Gasteiger partial charge in [-0.05, 0) is 63.1 Å². The van der Waals surface area contributed by atoms with Crippen molar-refractivity contribution in [1.82, 2.24) is 10.2 Å². The Balaban J connectivity index is 2.01. The largest absolute Gasteiger partial charge is 0.394 e. The van der Waals surface area contributed by atoms with E-state index in [-0.39, 0.29) is 13.0 Å². The fourth-order valence-electron chi connectivity index (χ4n) is 5.50. The Morgan fingerprint density at radius 3 is 2.46 bits per heavy atom. The van der Waals surface area contributed by atoms with Crippen LogP contribution in [0, 0.1) is 0 Å². The predicted molar refractivity (Wildman–Crippen MR) is 149 cm³/mol. The molecule has 2 aromatic carbocycles. The molecule has 0 bridgehead atoms. The van der Waals surface area contributed by atoms with Crippen molar-refractivity contribution in [2.45, 2.75) is 61.6 Å². The monoisotopic (exact) mass is 595 g/mol. The molecule has 1 fully saturated rings. The lowest BCUT2D eigenvalue weighted by atomic mass is 9.64. The number of sulfone groups is 1. The van der Waals surface area contributed by atoms with E-state index in [4.69, 9.17) is 23.2 Å². The number of rotatable bonds is 7. The second-order valence-electron chi connectivity index (χ2n) is 10.9. The van der Waals surface area contributed by atoms with E-state index in [1.54, 1.807) is 50.2 Å². The number of halogens is 2. The number of aliphatic hydroxyl groups is 1. The first-order valence-corrected chi connectivity index (χ1v) is 14.8. The highest BCUT2D eigenvalue weighted by molar-refractivity contribution is 7.92. The second kappa shape index (κ2) is 10.4. The van der Waals surface area contributed by atoms with Crippen molar-refractivity contribution in [1.29, 1.82) is 0 Å². The lowest BCUT2D eigenvalue weighted by Gasteiger charge is -2.50. The van der Waals surface area contributed by atoms with E-state index in [1.807, 2.05) is 0 Å². The van der Waals surface area contributed by atoms with Crippen LogP contribution >= 0.6 is 23.2 Å². The summed E-state index contributed by atoms with van der Waals surface area (Å²) in [5.41, 5.74) is -1.61. The Morgan fingerprint density at radius 1 is 1.18 bits per heavy atom. The maximum absolute atomic E-state index is 14.2. The van der Waals surface area contributed by atoms with Gasteiger partial charge in [-0.2, -0.15) is 0 Å². The van der Waals surface area contributed by atoms with Crippen LogP contribution in [0.2, 0.25) is 10.0 Å². The third kappa shape index (κ3) is 5.03. The first-order valence-electron chi connectivity index (χ1n) is 12.5. The summed E-state index contributed by atoms with van der Waals surface area (Å²) in [6.07, 6.45) is -0.253. The minimum absolute atomic E-state index is 0.253. The quantitative estimate of drug-likeness (QED) is 0.450. The van der Waals surface area contributed by atoms with Crippen LogP contribution in [0.3, 0.4) is 0 Å². The number of amides is 3. The molecular weight excluding hydrogens is 565 g/mol. The number of hydrogen-bond donors (Lipinski definition) is 3. The number of anilines is 1. The number of aliphatic hydroxyl groups excluding tert-OH is 1. The van der Waals surface area contributed by atoms with E-state index in [0.29, 0.717) is 26.9 Å². The predicted octanol–water partition coefficient (Wildman–Crippen LogP) is 3.24. The van der Waals surface area contributed by atoms with Crippen molar-refractivity contribution in [2.75, 3.05) is 18.5 Å². The van der Waals surface area contributed by atoms with Crippen LogP contribution in [0.1, 0.15) is 51.2 Å². The molecule has 210 valence electrons. The SMILES string of the molecule is CC(C)S(=O)(=O)[C@H]1N(CC(=O)NC(C)(C)CO)C(=O)C[C@@H](c2cccc(Cl)c2)[C@@]12C(=O)Nc1cc(Cl)ccc12. The number of piperidine rings is 1. The number of hydrogen-bond acceptors (Lipinski definition) is 6. The topological polar surface area (TPSA) is 133 Å². The summed E-state index contributed by atoms with van der Waals surface area (Å²) < 4.78 is 28.4. The zero-order valence-corrected chi connectivity index (χ0v) is 24.3. The molecule has 39 heavy (non-hydrogen) atoms. The molecule has 3 amide bonds. The van der Waals surface area contributed by atoms with Crippen LogP contribution < -0.4 is 10.6 Å². The van der Waals surface area contributed by atoms with E-state index >= 15 is 0 Å². The third-order valence-corrected chi connectivity index (χ3v) is 10.4. The minimum Gasteiger partial charge on any atom is -0.394 e. The smallest absolute Gasteiger partial charge is 0.240 e. The minimum atomic E-state index is -4.26. The van der Waals surface area contributed by atoms with Gasteiger partial charge in [-0.15, -0.1) is 0 Å². The van der Waals surface area contributed by atoms with Crippen LogP contribution in [-0.2, 0) is 29.6 Å². The Labute approximate surface area is 237 Å². The van der Waals surface area contributed by atoms with Gasteiger partial charge in [0, 0.05) is 28.1 Å². The molecule has 12 heteroatoms. The molecule has 0 saturated carbocycles. The fourth-order valence-corrected chi connectivity index (χ4v) is 7.85. The van der Waals surface area contributed by atoms with Crippen LogP contribution in [0.25, 0.3) is 0 Å². The van der Waals surface area contributed by atoms with E-state index in [2.05, 4.69) is 10.6 Å². The maximum atomic E-state index is 14.2. The lowest BCUT2D eigenvalue weighted by molar-refractivity contribution is -0.145. The van der Waals surface area contributed by atoms with E-state index in [0.717, 1.165) is 4.90 Å². The first-order chi connectivity index (χ1) is 18.1. The molecule has 0 unspecified atom stereocenters. The summed E-state index contributed by atoms with van der Waals surface area (Å²) in [6.45, 7) is 5.12. The Hall–Kier alpha value is -2.66. The number of carbonyl (C=O) groups is 3. The molecule has 2 aromatic rings. The van der Waals surface area contributed by atoms with Crippen molar-refractivity contribution < 1.29 is 27.9 Å². The Morgan fingerprint density at radius 2 is 1.85 bits per heavy atom. The van der Waals surface area contributed by atoms with Gasteiger partial charge in [0.2, 0.25) is 17.7 Å². The number of fused-ring (bicyclic) bond motifs is 2. The number of likely N-dealkylation sites (tertiary alicyclic amines) is 1. The van der Waals surface area contributed by atoms with Gasteiger partial charge in [-0.1, -0.05) is 41.4 Å². The van der Waals surface area contributed by atoms with Crippen LogP contribution in [0.4, 0.5) is 5.69 Å². The van der Waals surface area contributed by atoms with Gasteiger partial charge < -0.3 is 20.6 Å². The van der Waals surface area contributed by atoms with Gasteiger partial charge in [0.1, 0.15) is 12.0 Å². The molecule has 1 spiro atoms. The van der Waals surface area contributed by atoms with Gasteiger partial charge >= 0.3 is 0 Å². The summed E-state index contributed by atoms with van der Waals surface area (Å²) in [6, 6.07) is 11.3. The molecule has 0 aliphatic carbocycles. The van der Waals surface area contributed by atoms with Gasteiger partial charge in [0.05, 0.1) is 17.4 Å². The molecule has 0 aromatic heterocycles.